The quantitative estimate of drug-likeness (QED) is 0.739. The fraction of sp³-hybridized carbons (Fsp3) is 0.933. The molecule has 2 heterocycles. The van der Waals surface area contributed by atoms with Gasteiger partial charge in [-0.3, -0.25) is 4.90 Å². The number of morpholine rings is 1. The van der Waals surface area contributed by atoms with Gasteiger partial charge in [-0.2, -0.15) is 0 Å². The molecular weight excluding hydrogens is 256 g/mol. The van der Waals surface area contributed by atoms with E-state index in [0.717, 1.165) is 45.6 Å². The van der Waals surface area contributed by atoms with Crippen LogP contribution in [-0.2, 0) is 9.47 Å². The Morgan fingerprint density at radius 2 is 1.85 bits per heavy atom. The number of piperidine rings is 1. The predicted molar refractivity (Wildman–Crippen MR) is 77.8 cm³/mol. The van der Waals surface area contributed by atoms with Crippen LogP contribution in [0.3, 0.4) is 0 Å². The average Bonchev–Trinajstić information content (AvgIpc) is 2.37. The van der Waals surface area contributed by atoms with E-state index in [1.54, 1.807) is 0 Å². The first-order chi connectivity index (χ1) is 9.35. The highest BCUT2D eigenvalue weighted by atomic mass is 16.6. The third-order valence-electron chi connectivity index (χ3n) is 3.91. The smallest absolute Gasteiger partial charge is 0.410 e. The van der Waals surface area contributed by atoms with Crippen LogP contribution in [0.5, 0.6) is 0 Å². The molecule has 0 bridgehead atoms. The van der Waals surface area contributed by atoms with Crippen molar-refractivity contribution in [1.29, 1.82) is 0 Å². The first-order valence-electron chi connectivity index (χ1n) is 7.69. The van der Waals surface area contributed by atoms with Crippen LogP contribution in [0.15, 0.2) is 0 Å². The Bertz CT molecular complexity index is 333. The van der Waals surface area contributed by atoms with Gasteiger partial charge in [-0.05, 0) is 40.5 Å². The zero-order valence-corrected chi connectivity index (χ0v) is 13.2. The van der Waals surface area contributed by atoms with Gasteiger partial charge in [-0.25, -0.2) is 4.79 Å². The van der Waals surface area contributed by atoms with Crippen LogP contribution in [0, 0.1) is 0 Å². The minimum Gasteiger partial charge on any atom is -0.444 e. The number of hydrogen-bond donors (Lipinski definition) is 0. The van der Waals surface area contributed by atoms with Crippen molar-refractivity contribution in [2.24, 2.45) is 0 Å². The zero-order valence-electron chi connectivity index (χ0n) is 13.2. The molecule has 5 heteroatoms. The molecule has 0 radical (unpaired) electrons. The summed E-state index contributed by atoms with van der Waals surface area (Å²) in [5.74, 6) is 0. The highest BCUT2D eigenvalue weighted by Gasteiger charge is 2.31. The monoisotopic (exact) mass is 284 g/mol. The standard InChI is InChI=1S/C15H28N2O3/c1-12-11-17(9-10-19-12)13-5-7-16(8-6-13)14(18)20-15(2,3)4/h12-13H,5-11H2,1-4H3. The number of rotatable bonds is 1. The second-order valence-corrected chi connectivity index (χ2v) is 6.87. The maximum Gasteiger partial charge on any atom is 0.410 e. The Morgan fingerprint density at radius 3 is 2.40 bits per heavy atom. The number of nitrogens with zero attached hydrogens (tertiary/aromatic N) is 2. The van der Waals surface area contributed by atoms with Crippen molar-refractivity contribution in [2.75, 3.05) is 32.8 Å². The molecular formula is C15H28N2O3. The van der Waals surface area contributed by atoms with Gasteiger partial charge in [0.2, 0.25) is 0 Å². The summed E-state index contributed by atoms with van der Waals surface area (Å²) in [5, 5.41) is 0. The van der Waals surface area contributed by atoms with Crippen molar-refractivity contribution in [3.8, 4) is 0 Å². The predicted octanol–water partition coefficient (Wildman–Crippen LogP) is 2.11. The molecule has 0 N–H and O–H groups in total. The van der Waals surface area contributed by atoms with Crippen LogP contribution >= 0.6 is 0 Å². The third kappa shape index (κ3) is 4.35. The van der Waals surface area contributed by atoms with E-state index in [-0.39, 0.29) is 6.09 Å². The number of amides is 1. The van der Waals surface area contributed by atoms with Gasteiger partial charge < -0.3 is 14.4 Å². The van der Waals surface area contributed by atoms with Gasteiger partial charge in [0.25, 0.3) is 0 Å². The van der Waals surface area contributed by atoms with Crippen molar-refractivity contribution in [1.82, 2.24) is 9.80 Å². The molecule has 0 aromatic carbocycles. The molecule has 2 fully saturated rings. The topological polar surface area (TPSA) is 42.0 Å². The molecule has 2 saturated heterocycles. The lowest BCUT2D eigenvalue weighted by atomic mass is 10.0. The highest BCUT2D eigenvalue weighted by molar-refractivity contribution is 5.68. The molecule has 116 valence electrons. The van der Waals surface area contributed by atoms with Crippen molar-refractivity contribution in [2.45, 2.75) is 58.3 Å². The summed E-state index contributed by atoms with van der Waals surface area (Å²) in [4.78, 5) is 16.4. The summed E-state index contributed by atoms with van der Waals surface area (Å²) in [6.07, 6.45) is 2.22. The van der Waals surface area contributed by atoms with E-state index in [2.05, 4.69) is 11.8 Å². The molecule has 2 aliphatic heterocycles. The summed E-state index contributed by atoms with van der Waals surface area (Å²) in [5.41, 5.74) is -0.409. The molecule has 1 amide bonds. The van der Waals surface area contributed by atoms with Gasteiger partial charge in [0, 0.05) is 32.2 Å². The number of likely N-dealkylation sites (tertiary alicyclic amines) is 1. The van der Waals surface area contributed by atoms with Crippen molar-refractivity contribution in [3.63, 3.8) is 0 Å². The summed E-state index contributed by atoms with van der Waals surface area (Å²) in [7, 11) is 0. The second-order valence-electron chi connectivity index (χ2n) is 6.87. The number of carbonyl (C=O) groups is 1. The maximum absolute atomic E-state index is 12.0. The fourth-order valence-corrected chi connectivity index (χ4v) is 2.92. The largest absolute Gasteiger partial charge is 0.444 e. The molecule has 1 atom stereocenters. The summed E-state index contributed by atoms with van der Waals surface area (Å²) < 4.78 is 11.0. The van der Waals surface area contributed by atoms with Crippen molar-refractivity contribution < 1.29 is 14.3 Å². The lowest BCUT2D eigenvalue weighted by Gasteiger charge is -2.41. The van der Waals surface area contributed by atoms with Crippen LogP contribution in [0.1, 0.15) is 40.5 Å². The van der Waals surface area contributed by atoms with Gasteiger partial charge in [0.1, 0.15) is 5.60 Å². The zero-order chi connectivity index (χ0) is 14.8. The Balaban J connectivity index is 1.78. The minimum atomic E-state index is -0.409. The van der Waals surface area contributed by atoms with Crippen LogP contribution < -0.4 is 0 Å². The fourth-order valence-electron chi connectivity index (χ4n) is 2.92. The van der Waals surface area contributed by atoms with E-state index >= 15 is 0 Å². The van der Waals surface area contributed by atoms with Gasteiger partial charge in [0.05, 0.1) is 12.7 Å². The highest BCUT2D eigenvalue weighted by Crippen LogP contribution is 2.21. The SMILES string of the molecule is CC1CN(C2CCN(C(=O)OC(C)(C)C)CC2)CCO1. The molecule has 2 aliphatic rings. The number of carbonyl (C=O) groups excluding carboxylic acids is 1. The summed E-state index contributed by atoms with van der Waals surface area (Å²) in [6, 6.07) is 0.583. The van der Waals surface area contributed by atoms with Gasteiger partial charge in [-0.1, -0.05) is 0 Å². The average molecular weight is 284 g/mol. The lowest BCUT2D eigenvalue weighted by molar-refractivity contribution is -0.0451. The van der Waals surface area contributed by atoms with E-state index < -0.39 is 5.60 Å². The van der Waals surface area contributed by atoms with E-state index in [1.165, 1.54) is 0 Å². The van der Waals surface area contributed by atoms with Crippen LogP contribution in [0.4, 0.5) is 4.79 Å². The molecule has 1 unspecified atom stereocenters. The maximum atomic E-state index is 12.0. The second kappa shape index (κ2) is 6.31. The number of hydrogen-bond acceptors (Lipinski definition) is 4. The molecule has 20 heavy (non-hydrogen) atoms. The summed E-state index contributed by atoms with van der Waals surface area (Å²) >= 11 is 0. The number of ether oxygens (including phenoxy) is 2. The van der Waals surface area contributed by atoms with E-state index in [9.17, 15) is 4.79 Å². The van der Waals surface area contributed by atoms with Crippen molar-refractivity contribution in [3.05, 3.63) is 0 Å². The Morgan fingerprint density at radius 1 is 1.20 bits per heavy atom. The van der Waals surface area contributed by atoms with Crippen molar-refractivity contribution >= 4 is 6.09 Å². The summed E-state index contributed by atoms with van der Waals surface area (Å²) in [6.45, 7) is 12.3. The van der Waals surface area contributed by atoms with Crippen LogP contribution in [0.2, 0.25) is 0 Å². The van der Waals surface area contributed by atoms with E-state index in [4.69, 9.17) is 9.47 Å². The van der Waals surface area contributed by atoms with Crippen LogP contribution in [-0.4, -0.2) is 66.4 Å². The van der Waals surface area contributed by atoms with Gasteiger partial charge in [-0.15, -0.1) is 0 Å². The first kappa shape index (κ1) is 15.6. The Kier molecular flexibility index (Phi) is 4.91. The van der Waals surface area contributed by atoms with Gasteiger partial charge in [0.15, 0.2) is 0 Å². The molecule has 2 rings (SSSR count). The molecule has 0 aromatic heterocycles. The Hall–Kier alpha value is -0.810. The Labute approximate surface area is 122 Å². The van der Waals surface area contributed by atoms with E-state index in [0.29, 0.717) is 12.1 Å². The van der Waals surface area contributed by atoms with Gasteiger partial charge >= 0.3 is 6.09 Å². The molecule has 0 spiro atoms. The lowest BCUT2D eigenvalue weighted by Crippen LogP contribution is -2.52. The molecule has 5 nitrogen and oxygen atoms in total. The first-order valence-corrected chi connectivity index (χ1v) is 7.69. The molecule has 0 aromatic rings. The van der Waals surface area contributed by atoms with E-state index in [1.807, 2.05) is 25.7 Å². The van der Waals surface area contributed by atoms with Crippen LogP contribution in [0.25, 0.3) is 0 Å². The molecule has 0 saturated carbocycles. The normalized spacial score (nSPS) is 26.6. The minimum absolute atomic E-state index is 0.175. The molecule has 0 aliphatic carbocycles. The third-order valence-corrected chi connectivity index (χ3v) is 3.91.